The molecule has 4 amide bonds. The van der Waals surface area contributed by atoms with Crippen molar-refractivity contribution in [2.75, 3.05) is 40.4 Å². The van der Waals surface area contributed by atoms with Crippen LogP contribution in [0.4, 0.5) is 13.2 Å². The zero-order valence-corrected chi connectivity index (χ0v) is 38.9. The number of nitrogens with one attached hydrogen (secondary N) is 2. The first-order valence-electron chi connectivity index (χ1n) is 22.6. The van der Waals surface area contributed by atoms with Crippen molar-refractivity contribution in [1.29, 1.82) is 0 Å². The van der Waals surface area contributed by atoms with E-state index in [0.29, 0.717) is 64.8 Å². The number of cyclic esters (lactones) is 1. The largest absolute Gasteiger partial charge is 0.464 e. The smallest absolute Gasteiger partial charge is 0.406 e. The van der Waals surface area contributed by atoms with Crippen molar-refractivity contribution in [2.24, 2.45) is 17.3 Å². The number of pyridine rings is 1. The average molecular weight is 933 g/mol. The van der Waals surface area contributed by atoms with Gasteiger partial charge in [0.05, 0.1) is 42.6 Å². The molecule has 0 saturated carbocycles. The fraction of sp³-hybridized carbons (Fsp3) is 0.521. The highest BCUT2D eigenvalue weighted by molar-refractivity contribution is 5.96. The average Bonchev–Trinajstić information content (AvgIpc) is 4.05. The van der Waals surface area contributed by atoms with Crippen LogP contribution < -0.4 is 10.7 Å². The van der Waals surface area contributed by atoms with E-state index < -0.39 is 72.0 Å². The number of alkyl halides is 3. The third kappa shape index (κ3) is 10.6. The third-order valence-electron chi connectivity index (χ3n) is 12.9. The maximum Gasteiger partial charge on any atom is 0.406 e. The van der Waals surface area contributed by atoms with Gasteiger partial charge in [-0.15, -0.1) is 0 Å². The second kappa shape index (κ2) is 19.6. The predicted molar refractivity (Wildman–Crippen MR) is 240 cm³/mol. The minimum atomic E-state index is -4.61. The summed E-state index contributed by atoms with van der Waals surface area (Å²) in [6.07, 6.45) is 0.137. The van der Waals surface area contributed by atoms with Crippen LogP contribution in [-0.2, 0) is 52.8 Å². The molecule has 2 N–H and O–H groups in total. The highest BCUT2D eigenvalue weighted by Gasteiger charge is 2.41. The lowest BCUT2D eigenvalue weighted by molar-refractivity contribution is -0.155. The Morgan fingerprint density at radius 3 is 2.58 bits per heavy atom. The molecule has 3 aromatic heterocycles. The van der Waals surface area contributed by atoms with Crippen LogP contribution in [-0.4, -0.2) is 124 Å². The standard InChI is InChI=1S/C48H59F3N8O8/c1-9-39(60)57-19-16-30(24-57)44(62)56(7)41(27(2)3)43(61)54-35-21-38-53-23-37(67-38)29-14-15-36-32(20-29)33(22-47(5,6)26-66-46(64)34-13-11-18-59(55-34)45(35)63)42(58(36)25-48(49,50)51)31-12-10-17-52-40(31)28(4)65-8/h9-10,12,14-15,17,20,23,27-28,30,34-35,41,55H,1,11,13,16,18-19,21-22,24-26H2,2-8H3,(H,54,61)/t28-,30-,34-,35-,41-/m0/s1. The molecule has 360 valence electrons. The fourth-order valence-corrected chi connectivity index (χ4v) is 9.47. The summed E-state index contributed by atoms with van der Waals surface area (Å²) in [5, 5.41) is 4.65. The number of oxazole rings is 1. The van der Waals surface area contributed by atoms with Gasteiger partial charge in [0.1, 0.15) is 24.7 Å². The summed E-state index contributed by atoms with van der Waals surface area (Å²) >= 11 is 0. The van der Waals surface area contributed by atoms with Gasteiger partial charge in [-0.3, -0.25) is 34.0 Å². The molecule has 19 heteroatoms. The summed E-state index contributed by atoms with van der Waals surface area (Å²) in [5.41, 5.74) is 4.72. The molecule has 1 aromatic carbocycles. The van der Waals surface area contributed by atoms with Gasteiger partial charge in [0.15, 0.2) is 11.7 Å². The van der Waals surface area contributed by atoms with Crippen molar-refractivity contribution in [3.05, 3.63) is 72.5 Å². The monoisotopic (exact) mass is 932 g/mol. The van der Waals surface area contributed by atoms with Gasteiger partial charge < -0.3 is 33.6 Å². The van der Waals surface area contributed by atoms with Gasteiger partial charge in [-0.2, -0.15) is 13.2 Å². The van der Waals surface area contributed by atoms with Crippen molar-refractivity contribution in [3.63, 3.8) is 0 Å². The molecule has 6 heterocycles. The quantitative estimate of drug-likeness (QED) is 0.145. The number of carbonyl (C=O) groups excluding carboxylic acids is 5. The van der Waals surface area contributed by atoms with Crippen molar-refractivity contribution in [2.45, 2.75) is 104 Å². The van der Waals surface area contributed by atoms with E-state index in [0.717, 1.165) is 0 Å². The Balaban J connectivity index is 1.30. The minimum absolute atomic E-state index is 0.0662. The number of ether oxygens (including phenoxy) is 2. The number of rotatable bonds is 10. The second-order valence-corrected chi connectivity index (χ2v) is 18.8. The molecule has 0 spiro atoms. The Morgan fingerprint density at radius 2 is 1.88 bits per heavy atom. The molecular formula is C48H59F3N8O8. The highest BCUT2D eigenvalue weighted by Crippen LogP contribution is 2.43. The van der Waals surface area contributed by atoms with E-state index in [9.17, 15) is 37.1 Å². The van der Waals surface area contributed by atoms with Crippen LogP contribution in [0, 0.1) is 17.3 Å². The Morgan fingerprint density at radius 1 is 1.12 bits per heavy atom. The van der Waals surface area contributed by atoms with Crippen LogP contribution >= 0.6 is 0 Å². The second-order valence-electron chi connectivity index (χ2n) is 18.8. The molecular weight excluding hydrogens is 874 g/mol. The molecule has 3 aliphatic rings. The van der Waals surface area contributed by atoms with Gasteiger partial charge in [-0.1, -0.05) is 34.3 Å². The molecule has 67 heavy (non-hydrogen) atoms. The zero-order valence-electron chi connectivity index (χ0n) is 38.9. The number of halogens is 3. The van der Waals surface area contributed by atoms with Crippen LogP contribution in [0.2, 0.25) is 0 Å². The van der Waals surface area contributed by atoms with Gasteiger partial charge in [-0.05, 0) is 80.5 Å². The number of esters is 1. The van der Waals surface area contributed by atoms with Crippen LogP contribution in [0.3, 0.4) is 0 Å². The molecule has 7 rings (SSSR count). The maximum atomic E-state index is 14.6. The lowest BCUT2D eigenvalue weighted by atomic mass is 9.84. The van der Waals surface area contributed by atoms with E-state index in [1.165, 1.54) is 45.8 Å². The number of carbonyl (C=O) groups is 5. The minimum Gasteiger partial charge on any atom is -0.464 e. The number of methoxy groups -OCH3 is 1. The van der Waals surface area contributed by atoms with Crippen molar-refractivity contribution in [1.82, 2.24) is 40.1 Å². The molecule has 0 unspecified atom stereocenters. The van der Waals surface area contributed by atoms with Crippen LogP contribution in [0.5, 0.6) is 0 Å². The zero-order chi connectivity index (χ0) is 48.5. The van der Waals surface area contributed by atoms with E-state index >= 15 is 0 Å². The summed E-state index contributed by atoms with van der Waals surface area (Å²) in [6.45, 7) is 11.9. The van der Waals surface area contributed by atoms with Crippen molar-refractivity contribution >= 4 is 40.5 Å². The summed E-state index contributed by atoms with van der Waals surface area (Å²) in [5.74, 6) is -3.05. The number of benzene rings is 1. The lowest BCUT2D eigenvalue weighted by Crippen LogP contribution is -2.62. The summed E-state index contributed by atoms with van der Waals surface area (Å²) < 4.78 is 63.0. The van der Waals surface area contributed by atoms with E-state index in [2.05, 4.69) is 27.3 Å². The van der Waals surface area contributed by atoms with Gasteiger partial charge >= 0.3 is 12.1 Å². The Hall–Kier alpha value is -6.08. The number of likely N-dealkylation sites (tertiary alicyclic amines) is 1. The highest BCUT2D eigenvalue weighted by atomic mass is 19.4. The topological polar surface area (TPSA) is 181 Å². The van der Waals surface area contributed by atoms with E-state index in [1.807, 2.05) is 13.8 Å². The molecule has 2 saturated heterocycles. The van der Waals surface area contributed by atoms with Crippen LogP contribution in [0.1, 0.15) is 77.1 Å². The number of nitrogens with zero attached hydrogens (tertiary/aromatic N) is 6. The van der Waals surface area contributed by atoms with E-state index in [-0.39, 0.29) is 56.0 Å². The van der Waals surface area contributed by atoms with Crippen molar-refractivity contribution < 1.29 is 51.0 Å². The fourth-order valence-electron chi connectivity index (χ4n) is 9.47. The maximum absolute atomic E-state index is 14.6. The summed E-state index contributed by atoms with van der Waals surface area (Å²) in [6, 6.07) is 5.12. The lowest BCUT2D eigenvalue weighted by Gasteiger charge is -2.36. The van der Waals surface area contributed by atoms with Crippen LogP contribution in [0.15, 0.2) is 59.8 Å². The Bertz CT molecular complexity index is 2530. The first kappa shape index (κ1) is 48.8. The number of hydrazine groups is 1. The third-order valence-corrected chi connectivity index (χ3v) is 12.9. The van der Waals surface area contributed by atoms with Gasteiger partial charge in [0.2, 0.25) is 17.7 Å². The summed E-state index contributed by atoms with van der Waals surface area (Å²) in [4.78, 5) is 80.8. The number of aromatic nitrogens is 3. The van der Waals surface area contributed by atoms with Gasteiger partial charge in [-0.25, -0.2) is 10.4 Å². The normalized spacial score (nSPS) is 21.1. The first-order valence-corrected chi connectivity index (χ1v) is 22.6. The Labute approximate surface area is 387 Å². The predicted octanol–water partition coefficient (Wildman–Crippen LogP) is 5.79. The molecule has 0 aliphatic carbocycles. The Kier molecular flexibility index (Phi) is 14.3. The van der Waals surface area contributed by atoms with E-state index in [1.54, 1.807) is 57.3 Å². The number of likely N-dealkylation sites (N-methyl/N-ethyl adjacent to an activating group) is 1. The molecule has 3 aliphatic heterocycles. The number of fused-ring (bicyclic) bond motifs is 6. The molecule has 16 nitrogen and oxygen atoms in total. The molecule has 4 aromatic rings. The first-order chi connectivity index (χ1) is 31.7. The number of hydrogen-bond acceptors (Lipinski definition) is 11. The molecule has 0 radical (unpaired) electrons. The SMILES string of the molecule is C=CC(=O)N1CC[C@H](C(=O)N(C)[C@H](C(=O)N[C@H]2Cc3ncc(o3)-c3ccc4c(c3)c(c(-c3cccnc3[C@H](C)OC)n4CC(F)(F)F)CC(C)(C)COC(=O)[C@@H]3CCCN(N3)C2=O)C(C)C)C1. The number of amides is 4. The van der Waals surface area contributed by atoms with Crippen molar-refractivity contribution in [3.8, 4) is 22.6 Å². The van der Waals surface area contributed by atoms with Crippen LogP contribution in [0.25, 0.3) is 33.5 Å². The van der Waals surface area contributed by atoms with Gasteiger partial charge in [0.25, 0.3) is 5.91 Å². The van der Waals surface area contributed by atoms with E-state index in [4.69, 9.17) is 13.9 Å². The molecule has 5 atom stereocenters. The number of hydrogen-bond donors (Lipinski definition) is 2. The molecule has 2 fully saturated rings. The van der Waals surface area contributed by atoms with Gasteiger partial charge in [0, 0.05) is 67.4 Å². The summed E-state index contributed by atoms with van der Waals surface area (Å²) in [7, 11) is 3.03. The molecule has 6 bridgehead atoms.